The van der Waals surface area contributed by atoms with Gasteiger partial charge >= 0.3 is 17.9 Å². The van der Waals surface area contributed by atoms with Crippen LogP contribution in [0.25, 0.3) is 0 Å². The van der Waals surface area contributed by atoms with Crippen LogP contribution in [0, 0.1) is 5.92 Å². The summed E-state index contributed by atoms with van der Waals surface area (Å²) in [6.07, 6.45) is 5.62. The summed E-state index contributed by atoms with van der Waals surface area (Å²) in [6.45, 7) is 9.59. The molecule has 1 N–H and O–H groups in total. The summed E-state index contributed by atoms with van der Waals surface area (Å²) in [5, 5.41) is 8.32. The van der Waals surface area contributed by atoms with E-state index in [0.717, 1.165) is 18.6 Å². The monoisotopic (exact) mass is 284 g/mol. The average Bonchev–Trinajstić information content (AvgIpc) is 2.35. The largest absolute Gasteiger partial charge is 0.478 e. The van der Waals surface area contributed by atoms with Crippen LogP contribution >= 0.6 is 0 Å². The van der Waals surface area contributed by atoms with Crippen molar-refractivity contribution in [1.82, 2.24) is 0 Å². The number of carboxylic acid groups (broad SMARTS) is 1. The van der Waals surface area contributed by atoms with Gasteiger partial charge < -0.3 is 14.6 Å². The predicted molar refractivity (Wildman–Crippen MR) is 73.4 cm³/mol. The lowest BCUT2D eigenvalue weighted by molar-refractivity contribution is -0.142. The third kappa shape index (κ3) is 13.7. The molecule has 0 saturated heterocycles. The number of hydrogen-bond donors (Lipinski definition) is 1. The van der Waals surface area contributed by atoms with E-state index in [0.29, 0.717) is 12.8 Å². The first-order valence-corrected chi connectivity index (χ1v) is 5.87. The Hall–Kier alpha value is -2.37. The van der Waals surface area contributed by atoms with Crippen molar-refractivity contribution in [3.8, 4) is 0 Å². The second-order valence-electron chi connectivity index (χ2n) is 3.46. The SMILES string of the molecule is C=COC(=O)C(CC)C/C=C/C(=O)O.C=COC(C)=O. The molecule has 6 heteroatoms. The van der Waals surface area contributed by atoms with Gasteiger partial charge in [0, 0.05) is 13.0 Å². The molecule has 0 aliphatic rings. The van der Waals surface area contributed by atoms with Crippen LogP contribution in [0.2, 0.25) is 0 Å². The summed E-state index contributed by atoms with van der Waals surface area (Å²) in [4.78, 5) is 31.1. The van der Waals surface area contributed by atoms with Crippen molar-refractivity contribution in [2.45, 2.75) is 26.7 Å². The van der Waals surface area contributed by atoms with Crippen molar-refractivity contribution in [2.75, 3.05) is 0 Å². The summed E-state index contributed by atoms with van der Waals surface area (Å²) < 4.78 is 8.76. The number of carbonyl (C=O) groups is 3. The maximum absolute atomic E-state index is 11.2. The first kappa shape index (κ1) is 20.0. The lowest BCUT2D eigenvalue weighted by Gasteiger charge is -2.08. The second-order valence-corrected chi connectivity index (χ2v) is 3.46. The Bertz CT molecular complexity index is 370. The van der Waals surface area contributed by atoms with E-state index in [1.54, 1.807) is 0 Å². The Morgan fingerprint density at radius 3 is 2.05 bits per heavy atom. The molecule has 1 atom stereocenters. The number of rotatable bonds is 7. The van der Waals surface area contributed by atoms with Crippen LogP contribution in [0.5, 0.6) is 0 Å². The highest BCUT2D eigenvalue weighted by Crippen LogP contribution is 2.11. The lowest BCUT2D eigenvalue weighted by Crippen LogP contribution is -2.14. The molecular weight excluding hydrogens is 264 g/mol. The number of ether oxygens (including phenoxy) is 2. The zero-order valence-electron chi connectivity index (χ0n) is 11.7. The van der Waals surface area contributed by atoms with E-state index in [1.807, 2.05) is 6.92 Å². The van der Waals surface area contributed by atoms with E-state index in [2.05, 4.69) is 22.6 Å². The highest BCUT2D eigenvalue weighted by molar-refractivity contribution is 5.80. The number of carbonyl (C=O) groups excluding carboxylic acids is 2. The van der Waals surface area contributed by atoms with Gasteiger partial charge in [-0.25, -0.2) is 4.79 Å². The Labute approximate surface area is 118 Å². The molecule has 0 fully saturated rings. The van der Waals surface area contributed by atoms with Crippen molar-refractivity contribution < 1.29 is 29.0 Å². The highest BCUT2D eigenvalue weighted by Gasteiger charge is 2.15. The molecule has 112 valence electrons. The fourth-order valence-electron chi connectivity index (χ4n) is 1.06. The number of esters is 2. The minimum atomic E-state index is -1.02. The molecule has 0 heterocycles. The van der Waals surface area contributed by atoms with Crippen LogP contribution in [0.15, 0.2) is 37.8 Å². The zero-order valence-corrected chi connectivity index (χ0v) is 11.7. The summed E-state index contributed by atoms with van der Waals surface area (Å²) in [6, 6.07) is 0. The molecule has 20 heavy (non-hydrogen) atoms. The average molecular weight is 284 g/mol. The minimum absolute atomic E-state index is 0.302. The molecule has 0 amide bonds. The normalized spacial score (nSPS) is 10.7. The van der Waals surface area contributed by atoms with Gasteiger partial charge in [0.2, 0.25) is 0 Å². The van der Waals surface area contributed by atoms with Crippen molar-refractivity contribution in [2.24, 2.45) is 5.92 Å². The molecule has 0 aromatic rings. The zero-order chi connectivity index (χ0) is 16.0. The van der Waals surface area contributed by atoms with Gasteiger partial charge in [0.1, 0.15) is 0 Å². The molecule has 0 rings (SSSR count). The van der Waals surface area contributed by atoms with Gasteiger partial charge in [-0.3, -0.25) is 9.59 Å². The first-order chi connectivity index (χ1) is 9.38. The standard InChI is InChI=1S/C10H14O4.C4H6O2/c1-3-8(10(13)14-4-2)6-5-7-9(11)12;1-3-6-4(2)5/h4-5,7-8H,2-3,6H2,1H3,(H,11,12);3H,1H2,2H3/b7-5+;. The van der Waals surface area contributed by atoms with E-state index in [1.165, 1.54) is 13.0 Å². The lowest BCUT2D eigenvalue weighted by atomic mass is 10.0. The van der Waals surface area contributed by atoms with Gasteiger partial charge in [-0.05, 0) is 12.8 Å². The Balaban J connectivity index is 0. The fourth-order valence-corrected chi connectivity index (χ4v) is 1.06. The molecule has 0 spiro atoms. The van der Waals surface area contributed by atoms with Crippen LogP contribution < -0.4 is 0 Å². The van der Waals surface area contributed by atoms with Gasteiger partial charge in [0.25, 0.3) is 0 Å². The molecule has 0 aliphatic heterocycles. The Kier molecular flexibility index (Phi) is 13.0. The van der Waals surface area contributed by atoms with Crippen LogP contribution in [0.1, 0.15) is 26.7 Å². The van der Waals surface area contributed by atoms with Crippen molar-refractivity contribution in [3.05, 3.63) is 37.8 Å². The van der Waals surface area contributed by atoms with E-state index in [9.17, 15) is 14.4 Å². The second kappa shape index (κ2) is 13.1. The molecule has 0 aromatic heterocycles. The fraction of sp³-hybridized carbons (Fsp3) is 0.357. The first-order valence-electron chi connectivity index (χ1n) is 5.87. The summed E-state index contributed by atoms with van der Waals surface area (Å²) in [5.41, 5.74) is 0. The summed E-state index contributed by atoms with van der Waals surface area (Å²) in [7, 11) is 0. The Morgan fingerprint density at radius 1 is 1.20 bits per heavy atom. The van der Waals surface area contributed by atoms with Gasteiger partial charge in [-0.15, -0.1) is 0 Å². The van der Waals surface area contributed by atoms with Crippen molar-refractivity contribution in [3.63, 3.8) is 0 Å². The number of allylic oxidation sites excluding steroid dienone is 1. The van der Waals surface area contributed by atoms with Gasteiger partial charge in [0.15, 0.2) is 0 Å². The van der Waals surface area contributed by atoms with Crippen LogP contribution in [0.4, 0.5) is 0 Å². The predicted octanol–water partition coefficient (Wildman–Crippen LogP) is 2.42. The van der Waals surface area contributed by atoms with Gasteiger partial charge in [-0.2, -0.15) is 0 Å². The third-order valence-corrected chi connectivity index (χ3v) is 1.96. The van der Waals surface area contributed by atoms with Crippen molar-refractivity contribution in [1.29, 1.82) is 0 Å². The molecule has 1 unspecified atom stereocenters. The number of aliphatic carboxylic acids is 1. The van der Waals surface area contributed by atoms with Crippen LogP contribution in [0.3, 0.4) is 0 Å². The van der Waals surface area contributed by atoms with Crippen molar-refractivity contribution >= 4 is 17.9 Å². The summed E-state index contributed by atoms with van der Waals surface area (Å²) in [5.74, 6) is -2.02. The molecule has 0 saturated carbocycles. The Morgan fingerprint density at radius 2 is 1.75 bits per heavy atom. The third-order valence-electron chi connectivity index (χ3n) is 1.96. The van der Waals surface area contributed by atoms with Gasteiger partial charge in [-0.1, -0.05) is 26.2 Å². The number of carboxylic acids is 1. The number of hydrogen-bond acceptors (Lipinski definition) is 5. The molecule has 0 aliphatic carbocycles. The smallest absolute Gasteiger partial charge is 0.327 e. The highest BCUT2D eigenvalue weighted by atomic mass is 16.5. The maximum Gasteiger partial charge on any atom is 0.327 e. The van der Waals surface area contributed by atoms with E-state index < -0.39 is 5.97 Å². The maximum atomic E-state index is 11.2. The molecular formula is C14H20O6. The minimum Gasteiger partial charge on any atom is -0.478 e. The van der Waals surface area contributed by atoms with Crippen LogP contribution in [-0.4, -0.2) is 23.0 Å². The van der Waals surface area contributed by atoms with E-state index in [4.69, 9.17) is 5.11 Å². The van der Waals surface area contributed by atoms with E-state index >= 15 is 0 Å². The molecule has 0 aromatic carbocycles. The topological polar surface area (TPSA) is 89.9 Å². The molecule has 6 nitrogen and oxygen atoms in total. The summed E-state index contributed by atoms with van der Waals surface area (Å²) >= 11 is 0. The van der Waals surface area contributed by atoms with Gasteiger partial charge in [0.05, 0.1) is 18.4 Å². The quantitative estimate of drug-likeness (QED) is 0.438. The van der Waals surface area contributed by atoms with E-state index in [-0.39, 0.29) is 17.9 Å². The molecule has 0 radical (unpaired) electrons. The van der Waals surface area contributed by atoms with Crippen LogP contribution in [-0.2, 0) is 23.9 Å². The molecule has 0 bridgehead atoms.